The minimum atomic E-state index is 0.561. The van der Waals surface area contributed by atoms with Crippen LogP contribution in [0, 0.1) is 13.0 Å². The predicted molar refractivity (Wildman–Crippen MR) is 109 cm³/mol. The second-order valence-corrected chi connectivity index (χ2v) is 7.54. The van der Waals surface area contributed by atoms with Gasteiger partial charge in [0.1, 0.15) is 0 Å². The van der Waals surface area contributed by atoms with E-state index in [0.717, 1.165) is 0 Å². The summed E-state index contributed by atoms with van der Waals surface area (Å²) < 4.78 is 0. The maximum Gasteiger partial charge on any atom is -0.00141 e. The summed E-state index contributed by atoms with van der Waals surface area (Å²) in [5.41, 5.74) is 8.81. The first kappa shape index (κ1) is 17.5. The van der Waals surface area contributed by atoms with Gasteiger partial charge in [0.2, 0.25) is 0 Å². The van der Waals surface area contributed by atoms with Gasteiger partial charge < -0.3 is 0 Å². The van der Waals surface area contributed by atoms with Crippen LogP contribution in [0.25, 0.3) is 22.3 Å². The van der Waals surface area contributed by atoms with E-state index in [1.165, 1.54) is 38.9 Å². The molecule has 0 N–H and O–H groups in total. The number of hydrogen-bond donors (Lipinski definition) is 0. The van der Waals surface area contributed by atoms with E-state index in [0.29, 0.717) is 11.8 Å². The highest BCUT2D eigenvalue weighted by atomic mass is 14.1. The molecule has 0 aliphatic heterocycles. The molecule has 0 atom stereocenters. The van der Waals surface area contributed by atoms with Gasteiger partial charge in [0, 0.05) is 0 Å². The number of benzene rings is 3. The Balaban J connectivity index is 1.97. The molecular formula is C25H27. The SMILES string of the molecule is Cc1cc(-c2ccc(C(C)C)cc2)[c]c(-c2ccc(C(C)C)cc2)c1. The molecule has 0 aromatic heterocycles. The first-order valence-electron chi connectivity index (χ1n) is 9.18. The molecule has 3 aromatic rings. The van der Waals surface area contributed by atoms with E-state index in [-0.39, 0.29) is 0 Å². The van der Waals surface area contributed by atoms with E-state index in [1.54, 1.807) is 0 Å². The Morgan fingerprint density at radius 1 is 0.600 bits per heavy atom. The lowest BCUT2D eigenvalue weighted by molar-refractivity contribution is 0.867. The molecule has 3 rings (SSSR count). The van der Waals surface area contributed by atoms with Gasteiger partial charge in [-0.05, 0) is 63.8 Å². The van der Waals surface area contributed by atoms with Crippen molar-refractivity contribution in [1.82, 2.24) is 0 Å². The van der Waals surface area contributed by atoms with Crippen LogP contribution in [0.5, 0.6) is 0 Å². The van der Waals surface area contributed by atoms with Gasteiger partial charge in [-0.15, -0.1) is 0 Å². The fourth-order valence-electron chi connectivity index (χ4n) is 3.12. The zero-order valence-corrected chi connectivity index (χ0v) is 15.9. The first-order valence-corrected chi connectivity index (χ1v) is 9.18. The second kappa shape index (κ2) is 7.27. The van der Waals surface area contributed by atoms with E-state index in [1.807, 2.05) is 0 Å². The highest BCUT2D eigenvalue weighted by Gasteiger charge is 2.07. The van der Waals surface area contributed by atoms with Crippen molar-refractivity contribution in [3.8, 4) is 22.3 Å². The summed E-state index contributed by atoms with van der Waals surface area (Å²) in [5.74, 6) is 1.12. The normalized spacial score (nSPS) is 11.3. The molecular weight excluding hydrogens is 300 g/mol. The van der Waals surface area contributed by atoms with Crippen molar-refractivity contribution >= 4 is 0 Å². The van der Waals surface area contributed by atoms with Gasteiger partial charge in [-0.25, -0.2) is 0 Å². The Morgan fingerprint density at radius 2 is 0.960 bits per heavy atom. The number of rotatable bonds is 4. The molecule has 127 valence electrons. The Labute approximate surface area is 152 Å². The van der Waals surface area contributed by atoms with Crippen LogP contribution < -0.4 is 0 Å². The van der Waals surface area contributed by atoms with Gasteiger partial charge >= 0.3 is 0 Å². The van der Waals surface area contributed by atoms with Crippen LogP contribution in [0.4, 0.5) is 0 Å². The van der Waals surface area contributed by atoms with Gasteiger partial charge in [0.25, 0.3) is 0 Å². The van der Waals surface area contributed by atoms with Crippen molar-refractivity contribution in [2.24, 2.45) is 0 Å². The maximum atomic E-state index is 3.62. The van der Waals surface area contributed by atoms with E-state index in [9.17, 15) is 0 Å². The molecule has 25 heavy (non-hydrogen) atoms. The fraction of sp³-hybridized carbons (Fsp3) is 0.280. The molecule has 0 unspecified atom stereocenters. The third-order valence-corrected chi connectivity index (χ3v) is 4.79. The van der Waals surface area contributed by atoms with Crippen molar-refractivity contribution in [3.63, 3.8) is 0 Å². The van der Waals surface area contributed by atoms with Crippen LogP contribution in [0.15, 0.2) is 60.7 Å². The minimum Gasteiger partial charge on any atom is -0.0587 e. The van der Waals surface area contributed by atoms with Crippen molar-refractivity contribution < 1.29 is 0 Å². The molecule has 1 radical (unpaired) electrons. The van der Waals surface area contributed by atoms with Gasteiger partial charge in [-0.2, -0.15) is 0 Å². The zero-order chi connectivity index (χ0) is 18.0. The van der Waals surface area contributed by atoms with Gasteiger partial charge in [-0.1, -0.05) is 88.4 Å². The van der Waals surface area contributed by atoms with Crippen LogP contribution in [-0.4, -0.2) is 0 Å². The summed E-state index contributed by atoms with van der Waals surface area (Å²) in [6.45, 7) is 11.1. The summed E-state index contributed by atoms with van der Waals surface area (Å²) in [7, 11) is 0. The van der Waals surface area contributed by atoms with Crippen LogP contribution in [0.3, 0.4) is 0 Å². The molecule has 0 spiro atoms. The average Bonchev–Trinajstić information content (AvgIpc) is 2.61. The molecule has 0 heteroatoms. The summed E-state index contributed by atoms with van der Waals surface area (Å²) in [6.07, 6.45) is 0. The van der Waals surface area contributed by atoms with Crippen LogP contribution in [0.2, 0.25) is 0 Å². The monoisotopic (exact) mass is 327 g/mol. The summed E-state index contributed by atoms with van der Waals surface area (Å²) in [5, 5.41) is 0. The molecule has 0 saturated carbocycles. The van der Waals surface area contributed by atoms with Crippen LogP contribution in [-0.2, 0) is 0 Å². The molecule has 0 aliphatic rings. The highest BCUT2D eigenvalue weighted by molar-refractivity contribution is 5.73. The topological polar surface area (TPSA) is 0 Å². The van der Waals surface area contributed by atoms with Crippen molar-refractivity contribution in [2.45, 2.75) is 46.5 Å². The lowest BCUT2D eigenvalue weighted by atomic mass is 9.93. The summed E-state index contributed by atoms with van der Waals surface area (Å²) >= 11 is 0. The van der Waals surface area contributed by atoms with Crippen LogP contribution >= 0.6 is 0 Å². The Hall–Kier alpha value is -2.34. The average molecular weight is 327 g/mol. The fourth-order valence-corrected chi connectivity index (χ4v) is 3.12. The third kappa shape index (κ3) is 4.02. The smallest absolute Gasteiger partial charge is 0.00141 e. The van der Waals surface area contributed by atoms with Crippen LogP contribution in [0.1, 0.15) is 56.2 Å². The van der Waals surface area contributed by atoms with E-state index < -0.39 is 0 Å². The molecule has 0 bridgehead atoms. The third-order valence-electron chi connectivity index (χ3n) is 4.79. The van der Waals surface area contributed by atoms with E-state index in [2.05, 4.69) is 101 Å². The molecule has 3 aromatic carbocycles. The quantitative estimate of drug-likeness (QED) is 0.469. The van der Waals surface area contributed by atoms with Crippen molar-refractivity contribution in [3.05, 3.63) is 83.4 Å². The lowest BCUT2D eigenvalue weighted by Gasteiger charge is -2.11. The zero-order valence-electron chi connectivity index (χ0n) is 15.9. The molecule has 0 saturated heterocycles. The largest absolute Gasteiger partial charge is 0.0587 e. The Bertz CT molecular complexity index is 764. The standard InChI is InChI=1S/C25H27/c1-17(2)20-6-10-22(11-7-20)24-14-19(5)15-25(16-24)23-12-8-21(9-13-23)18(3)4/h6-15,17-18H,1-5H3. The first-order chi connectivity index (χ1) is 11.9. The lowest BCUT2D eigenvalue weighted by Crippen LogP contribution is -1.89. The molecule has 0 nitrogen and oxygen atoms in total. The predicted octanol–water partition coefficient (Wildman–Crippen LogP) is 7.38. The summed E-state index contributed by atoms with van der Waals surface area (Å²) in [4.78, 5) is 0. The highest BCUT2D eigenvalue weighted by Crippen LogP contribution is 2.29. The number of hydrogen-bond acceptors (Lipinski definition) is 0. The van der Waals surface area contributed by atoms with Gasteiger partial charge in [-0.3, -0.25) is 0 Å². The number of aryl methyl sites for hydroxylation is 1. The molecule has 0 fully saturated rings. The van der Waals surface area contributed by atoms with E-state index in [4.69, 9.17) is 0 Å². The molecule has 0 heterocycles. The molecule has 0 amide bonds. The van der Waals surface area contributed by atoms with E-state index >= 15 is 0 Å². The van der Waals surface area contributed by atoms with Crippen molar-refractivity contribution in [2.75, 3.05) is 0 Å². The second-order valence-electron chi connectivity index (χ2n) is 7.54. The van der Waals surface area contributed by atoms with Crippen molar-refractivity contribution in [1.29, 1.82) is 0 Å². The Kier molecular flexibility index (Phi) is 5.08. The summed E-state index contributed by atoms with van der Waals surface area (Å²) in [6, 6.07) is 25.8. The molecule has 0 aliphatic carbocycles. The maximum absolute atomic E-state index is 3.62. The van der Waals surface area contributed by atoms with Gasteiger partial charge in [0.05, 0.1) is 0 Å². The van der Waals surface area contributed by atoms with Gasteiger partial charge in [0.15, 0.2) is 0 Å². The Morgan fingerprint density at radius 3 is 1.28 bits per heavy atom. The minimum absolute atomic E-state index is 0.561.